The number of hydrogen-bond acceptors (Lipinski definition) is 7. The van der Waals surface area contributed by atoms with Crippen LogP contribution in [0.15, 0.2) is 23.7 Å². The molecule has 0 radical (unpaired) electrons. The van der Waals surface area contributed by atoms with Gasteiger partial charge in [0.1, 0.15) is 17.9 Å². The van der Waals surface area contributed by atoms with Crippen LogP contribution in [0.25, 0.3) is 0 Å². The number of pyridine rings is 1. The first-order valence-corrected chi connectivity index (χ1v) is 11.1. The second-order valence-electron chi connectivity index (χ2n) is 7.94. The molecule has 9 nitrogen and oxygen atoms in total. The molecule has 0 spiro atoms. The third-order valence-corrected chi connectivity index (χ3v) is 6.14. The molecule has 2 aromatic rings. The Kier molecular flexibility index (Phi) is 7.01. The first kappa shape index (κ1) is 22.8. The average Bonchev–Trinajstić information content (AvgIpc) is 3.33. The van der Waals surface area contributed by atoms with Crippen molar-refractivity contribution in [1.29, 1.82) is 0 Å². The number of aryl methyl sites for hydroxylation is 1. The lowest BCUT2D eigenvalue weighted by atomic mass is 10.0. The Morgan fingerprint density at radius 3 is 2.61 bits per heavy atom. The number of hydrogen-bond donors (Lipinski definition) is 3. The summed E-state index contributed by atoms with van der Waals surface area (Å²) in [5.74, 6) is -0.713. The van der Waals surface area contributed by atoms with Gasteiger partial charge in [0.05, 0.1) is 11.7 Å². The van der Waals surface area contributed by atoms with Gasteiger partial charge in [-0.1, -0.05) is 19.9 Å². The zero-order valence-electron chi connectivity index (χ0n) is 18.3. The summed E-state index contributed by atoms with van der Waals surface area (Å²) in [4.78, 5) is 49.3. The van der Waals surface area contributed by atoms with E-state index in [0.717, 1.165) is 11.3 Å². The second kappa shape index (κ2) is 9.52. The van der Waals surface area contributed by atoms with Crippen molar-refractivity contribution in [2.24, 2.45) is 5.92 Å². The minimum Gasteiger partial charge on any atom is -0.343 e. The summed E-state index contributed by atoms with van der Waals surface area (Å²) in [6.07, 6.45) is 1.94. The van der Waals surface area contributed by atoms with Crippen LogP contribution in [0.5, 0.6) is 0 Å². The summed E-state index contributed by atoms with van der Waals surface area (Å²) in [7, 11) is 1.68. The molecule has 10 heteroatoms. The maximum absolute atomic E-state index is 13.6. The van der Waals surface area contributed by atoms with Crippen LogP contribution in [-0.4, -0.2) is 52.9 Å². The highest BCUT2D eigenvalue weighted by atomic mass is 32.1. The normalized spacial score (nSPS) is 17.2. The maximum atomic E-state index is 13.6. The zero-order chi connectivity index (χ0) is 22.7. The number of fused-ring (bicyclic) bond motifs is 1. The van der Waals surface area contributed by atoms with Gasteiger partial charge in [-0.2, -0.15) is 0 Å². The van der Waals surface area contributed by atoms with Crippen molar-refractivity contribution in [3.05, 3.63) is 35.0 Å². The first-order chi connectivity index (χ1) is 14.7. The molecule has 31 heavy (non-hydrogen) atoms. The maximum Gasteiger partial charge on any atom is 0.251 e. The predicted octanol–water partition coefficient (Wildman–Crippen LogP) is 1.49. The van der Waals surface area contributed by atoms with Crippen LogP contribution in [0, 0.1) is 12.8 Å². The largest absolute Gasteiger partial charge is 0.343 e. The summed E-state index contributed by atoms with van der Waals surface area (Å²) < 4.78 is 0. The van der Waals surface area contributed by atoms with Crippen LogP contribution in [-0.2, 0) is 20.8 Å². The Morgan fingerprint density at radius 2 is 2.00 bits per heavy atom. The number of rotatable bonds is 7. The fourth-order valence-electron chi connectivity index (χ4n) is 3.39. The molecule has 0 bridgehead atoms. The molecule has 0 aromatic carbocycles. The van der Waals surface area contributed by atoms with Gasteiger partial charge in [0.15, 0.2) is 5.13 Å². The van der Waals surface area contributed by atoms with E-state index in [4.69, 9.17) is 0 Å². The van der Waals surface area contributed by atoms with Crippen molar-refractivity contribution < 1.29 is 14.4 Å². The molecule has 1 aliphatic rings. The summed E-state index contributed by atoms with van der Waals surface area (Å²) in [5, 5.41) is 10.8. The lowest BCUT2D eigenvalue weighted by Gasteiger charge is -2.30. The standard InChI is InChI=1S/C21H28N6O3S/c1-11(2)16(25-18(28)13(4)22-5)20(30)27-15(9-14-7-6-8-23-17(14)27)19(29)26-21-24-12(3)10-31-21/h6-8,10-11,13,15-16,22H,9H2,1-5H3,(H,25,28)(H,24,26,29)/t13-,15?,16?/m0/s1. The van der Waals surface area contributed by atoms with Gasteiger partial charge in [0.25, 0.3) is 5.91 Å². The van der Waals surface area contributed by atoms with Gasteiger partial charge < -0.3 is 16.0 Å². The molecule has 3 atom stereocenters. The van der Waals surface area contributed by atoms with Crippen LogP contribution in [0.3, 0.4) is 0 Å². The smallest absolute Gasteiger partial charge is 0.251 e. The number of aromatic nitrogens is 2. The number of amides is 3. The monoisotopic (exact) mass is 444 g/mol. The fourth-order valence-corrected chi connectivity index (χ4v) is 4.09. The fraction of sp³-hybridized carbons (Fsp3) is 0.476. The van der Waals surface area contributed by atoms with Gasteiger partial charge >= 0.3 is 0 Å². The SMILES string of the molecule is CN[C@@H](C)C(=O)NC(C(=O)N1c2ncccc2CC1C(=O)Nc1nc(C)cs1)C(C)C. The molecule has 166 valence electrons. The molecule has 3 amide bonds. The molecule has 3 heterocycles. The van der Waals surface area contributed by atoms with E-state index in [1.165, 1.54) is 16.2 Å². The average molecular weight is 445 g/mol. The van der Waals surface area contributed by atoms with Crippen molar-refractivity contribution in [2.45, 2.75) is 52.2 Å². The third kappa shape index (κ3) is 4.91. The minimum atomic E-state index is -0.798. The second-order valence-corrected chi connectivity index (χ2v) is 8.80. The number of anilines is 2. The number of nitrogens with zero attached hydrogens (tertiary/aromatic N) is 3. The summed E-state index contributed by atoms with van der Waals surface area (Å²) in [6.45, 7) is 7.28. The van der Waals surface area contributed by atoms with E-state index in [1.54, 1.807) is 26.2 Å². The van der Waals surface area contributed by atoms with Gasteiger partial charge in [-0.25, -0.2) is 9.97 Å². The number of carbonyl (C=O) groups excluding carboxylic acids is 3. The van der Waals surface area contributed by atoms with Crippen molar-refractivity contribution >= 4 is 40.0 Å². The van der Waals surface area contributed by atoms with E-state index in [9.17, 15) is 14.4 Å². The molecule has 3 rings (SSSR count). The molecule has 0 saturated heterocycles. The van der Waals surface area contributed by atoms with Crippen molar-refractivity contribution in [3.63, 3.8) is 0 Å². The topological polar surface area (TPSA) is 116 Å². The summed E-state index contributed by atoms with van der Waals surface area (Å²) in [5.41, 5.74) is 1.62. The third-order valence-electron chi connectivity index (χ3n) is 5.27. The molecule has 2 aromatic heterocycles. The predicted molar refractivity (Wildman–Crippen MR) is 120 cm³/mol. The molecule has 3 N–H and O–H groups in total. The number of carbonyl (C=O) groups is 3. The Labute approximate surface area is 185 Å². The molecule has 0 saturated carbocycles. The van der Waals surface area contributed by atoms with Crippen LogP contribution in [0.4, 0.5) is 10.9 Å². The molecule has 2 unspecified atom stereocenters. The van der Waals surface area contributed by atoms with Crippen molar-refractivity contribution in [2.75, 3.05) is 17.3 Å². The highest BCUT2D eigenvalue weighted by molar-refractivity contribution is 7.13. The van der Waals surface area contributed by atoms with Crippen LogP contribution >= 0.6 is 11.3 Å². The Hall–Kier alpha value is -2.85. The van der Waals surface area contributed by atoms with E-state index in [1.807, 2.05) is 32.2 Å². The number of likely N-dealkylation sites (N-methyl/N-ethyl adjacent to an activating group) is 1. The van der Waals surface area contributed by atoms with E-state index in [0.29, 0.717) is 17.4 Å². The molecular weight excluding hydrogens is 416 g/mol. The number of nitrogens with one attached hydrogen (secondary N) is 3. The first-order valence-electron chi connectivity index (χ1n) is 10.2. The van der Waals surface area contributed by atoms with Crippen molar-refractivity contribution in [1.82, 2.24) is 20.6 Å². The highest BCUT2D eigenvalue weighted by Gasteiger charge is 2.43. The molecule has 1 aliphatic heterocycles. The van der Waals surface area contributed by atoms with Crippen molar-refractivity contribution in [3.8, 4) is 0 Å². The van der Waals surface area contributed by atoms with Crippen LogP contribution in [0.2, 0.25) is 0 Å². The van der Waals surface area contributed by atoms with Gasteiger partial charge in [-0.05, 0) is 38.4 Å². The van der Waals surface area contributed by atoms with Gasteiger partial charge in [-0.15, -0.1) is 11.3 Å². The zero-order valence-corrected chi connectivity index (χ0v) is 19.1. The van der Waals surface area contributed by atoms with Crippen LogP contribution < -0.4 is 20.9 Å². The molecule has 0 fully saturated rings. The Balaban J connectivity index is 1.89. The van der Waals surface area contributed by atoms with Gasteiger partial charge in [0, 0.05) is 18.0 Å². The lowest BCUT2D eigenvalue weighted by Crippen LogP contribution is -2.57. The number of thiazole rings is 1. The van der Waals surface area contributed by atoms with E-state index in [-0.39, 0.29) is 23.6 Å². The summed E-state index contributed by atoms with van der Waals surface area (Å²) in [6, 6.07) is 1.61. The summed E-state index contributed by atoms with van der Waals surface area (Å²) >= 11 is 1.33. The van der Waals surface area contributed by atoms with Gasteiger partial charge in [-0.3, -0.25) is 19.3 Å². The Morgan fingerprint density at radius 1 is 1.26 bits per heavy atom. The van der Waals surface area contributed by atoms with E-state index in [2.05, 4.69) is 25.9 Å². The van der Waals surface area contributed by atoms with Crippen LogP contribution in [0.1, 0.15) is 32.0 Å². The van der Waals surface area contributed by atoms with E-state index < -0.39 is 18.1 Å². The molecular formula is C21H28N6O3S. The minimum absolute atomic E-state index is 0.182. The highest BCUT2D eigenvalue weighted by Crippen LogP contribution is 2.32. The quantitative estimate of drug-likeness (QED) is 0.596. The van der Waals surface area contributed by atoms with E-state index >= 15 is 0 Å². The lowest BCUT2D eigenvalue weighted by molar-refractivity contribution is -0.130. The molecule has 0 aliphatic carbocycles. The van der Waals surface area contributed by atoms with Gasteiger partial charge in [0.2, 0.25) is 11.8 Å². The Bertz CT molecular complexity index is 976.